The third-order valence-corrected chi connectivity index (χ3v) is 3.23. The Bertz CT molecular complexity index is 575. The average molecular weight is 336 g/mol. The first-order chi connectivity index (χ1) is 9.74. The molecule has 4 nitrogen and oxygen atoms in total. The summed E-state index contributed by atoms with van der Waals surface area (Å²) in [6, 6.07) is 7.86. The third kappa shape index (κ3) is 3.70. The van der Waals surface area contributed by atoms with Gasteiger partial charge in [-0.2, -0.15) is 0 Å². The van der Waals surface area contributed by atoms with Crippen LogP contribution in [0.4, 0.5) is 5.82 Å². The Hall–Kier alpha value is -1.62. The highest BCUT2D eigenvalue weighted by Crippen LogP contribution is 2.25. The number of hydrogen-bond donors (Lipinski definition) is 1. The van der Waals surface area contributed by atoms with E-state index in [1.54, 1.807) is 6.20 Å². The van der Waals surface area contributed by atoms with Gasteiger partial charge < -0.3 is 10.1 Å². The van der Waals surface area contributed by atoms with E-state index in [1.807, 2.05) is 31.2 Å². The molecule has 0 unspecified atom stereocenters. The van der Waals surface area contributed by atoms with Crippen LogP contribution in [0.15, 0.2) is 34.9 Å². The van der Waals surface area contributed by atoms with Crippen molar-refractivity contribution in [2.75, 3.05) is 18.5 Å². The fraction of sp³-hybridized carbons (Fsp3) is 0.333. The first-order valence-corrected chi connectivity index (χ1v) is 7.53. The number of hydrogen-bond acceptors (Lipinski definition) is 4. The van der Waals surface area contributed by atoms with Crippen LogP contribution >= 0.6 is 15.9 Å². The Kier molecular flexibility index (Phi) is 5.35. The van der Waals surface area contributed by atoms with Crippen LogP contribution in [0.5, 0.6) is 5.75 Å². The van der Waals surface area contributed by atoms with Crippen molar-refractivity contribution < 1.29 is 4.74 Å². The molecule has 1 N–H and O–H groups in total. The van der Waals surface area contributed by atoms with E-state index < -0.39 is 0 Å². The summed E-state index contributed by atoms with van der Waals surface area (Å²) in [5.74, 6) is 2.34. The summed E-state index contributed by atoms with van der Waals surface area (Å²) in [5.41, 5.74) is 0.949. The minimum Gasteiger partial charge on any atom is -0.494 e. The molecule has 106 valence electrons. The minimum atomic E-state index is 0.686. The molecule has 0 bridgehead atoms. The summed E-state index contributed by atoms with van der Waals surface area (Å²) in [4.78, 5) is 8.89. The number of anilines is 1. The van der Waals surface area contributed by atoms with E-state index in [4.69, 9.17) is 4.74 Å². The molecule has 0 radical (unpaired) electrons. The van der Waals surface area contributed by atoms with Crippen LogP contribution in [0.1, 0.15) is 20.3 Å². The zero-order valence-electron chi connectivity index (χ0n) is 11.7. The molecule has 0 aliphatic heterocycles. The summed E-state index contributed by atoms with van der Waals surface area (Å²) in [6.45, 7) is 5.65. The molecule has 2 rings (SSSR count). The van der Waals surface area contributed by atoms with Crippen molar-refractivity contribution in [3.8, 4) is 17.1 Å². The first-order valence-electron chi connectivity index (χ1n) is 6.74. The van der Waals surface area contributed by atoms with Gasteiger partial charge in [0.05, 0.1) is 11.1 Å². The Balaban J connectivity index is 2.28. The van der Waals surface area contributed by atoms with Gasteiger partial charge in [-0.1, -0.05) is 19.1 Å². The fourth-order valence-corrected chi connectivity index (χ4v) is 2.07. The second-order valence-corrected chi connectivity index (χ2v) is 5.15. The molecule has 0 atom stereocenters. The number of benzene rings is 1. The van der Waals surface area contributed by atoms with Gasteiger partial charge in [-0.05, 0) is 41.4 Å². The molecule has 0 saturated heterocycles. The lowest BCUT2D eigenvalue weighted by Gasteiger charge is -2.09. The van der Waals surface area contributed by atoms with Gasteiger partial charge in [0.1, 0.15) is 11.6 Å². The van der Waals surface area contributed by atoms with Crippen molar-refractivity contribution in [1.82, 2.24) is 9.97 Å². The van der Waals surface area contributed by atoms with Crippen molar-refractivity contribution in [2.24, 2.45) is 0 Å². The van der Waals surface area contributed by atoms with Gasteiger partial charge >= 0.3 is 0 Å². The van der Waals surface area contributed by atoms with Crippen molar-refractivity contribution >= 4 is 21.7 Å². The molecule has 5 heteroatoms. The quantitative estimate of drug-likeness (QED) is 0.862. The van der Waals surface area contributed by atoms with E-state index in [0.29, 0.717) is 12.4 Å². The summed E-state index contributed by atoms with van der Waals surface area (Å²) < 4.78 is 6.50. The molecule has 0 aliphatic carbocycles. The second-order valence-electron chi connectivity index (χ2n) is 4.30. The highest BCUT2D eigenvalue weighted by Gasteiger charge is 2.07. The lowest BCUT2D eigenvalue weighted by atomic mass is 10.2. The Morgan fingerprint density at radius 1 is 1.30 bits per heavy atom. The second kappa shape index (κ2) is 7.24. The number of nitrogens with zero attached hydrogens (tertiary/aromatic N) is 2. The number of aromatic nitrogens is 2. The molecule has 0 fully saturated rings. The van der Waals surface area contributed by atoms with E-state index in [-0.39, 0.29) is 0 Å². The van der Waals surface area contributed by atoms with Crippen LogP contribution in [0.25, 0.3) is 11.4 Å². The smallest absolute Gasteiger partial charge is 0.161 e. The molecule has 0 amide bonds. The number of halogens is 1. The maximum atomic E-state index is 5.64. The molecule has 2 aromatic rings. The van der Waals surface area contributed by atoms with E-state index in [9.17, 15) is 0 Å². The Labute approximate surface area is 127 Å². The number of nitrogens with one attached hydrogen (secondary N) is 1. The molecule has 1 aromatic carbocycles. The van der Waals surface area contributed by atoms with Crippen LogP contribution in [-0.4, -0.2) is 23.1 Å². The maximum absolute atomic E-state index is 5.64. The highest BCUT2D eigenvalue weighted by molar-refractivity contribution is 9.10. The standard InChI is InChI=1S/C15H18BrN3O/c1-3-8-20-12-7-5-6-11(9-12)14-18-10-13(16)15(19-14)17-4-2/h5-7,9-10H,3-4,8H2,1-2H3,(H,17,18,19). The highest BCUT2D eigenvalue weighted by atomic mass is 79.9. The van der Waals surface area contributed by atoms with Gasteiger partial charge in [0.25, 0.3) is 0 Å². The van der Waals surface area contributed by atoms with Gasteiger partial charge in [0, 0.05) is 18.3 Å². The number of rotatable bonds is 6. The SMILES string of the molecule is CCCOc1cccc(-c2ncc(Br)c(NCC)n2)c1. The molecular formula is C15H18BrN3O. The summed E-state index contributed by atoms with van der Waals surface area (Å²) in [6.07, 6.45) is 2.75. The molecular weight excluding hydrogens is 318 g/mol. The van der Waals surface area contributed by atoms with Crippen molar-refractivity contribution in [2.45, 2.75) is 20.3 Å². The Morgan fingerprint density at radius 2 is 2.15 bits per heavy atom. The first kappa shape index (κ1) is 14.8. The monoisotopic (exact) mass is 335 g/mol. The van der Waals surface area contributed by atoms with Crippen molar-refractivity contribution in [1.29, 1.82) is 0 Å². The summed E-state index contributed by atoms with van der Waals surface area (Å²) >= 11 is 3.44. The molecule has 1 aromatic heterocycles. The molecule has 20 heavy (non-hydrogen) atoms. The fourth-order valence-electron chi connectivity index (χ4n) is 1.74. The van der Waals surface area contributed by atoms with Gasteiger partial charge in [0.15, 0.2) is 5.82 Å². The molecule has 0 saturated carbocycles. The van der Waals surface area contributed by atoms with Crippen LogP contribution < -0.4 is 10.1 Å². The van der Waals surface area contributed by atoms with Crippen LogP contribution in [0, 0.1) is 0 Å². The molecule has 0 aliphatic rings. The predicted molar refractivity (Wildman–Crippen MR) is 85.1 cm³/mol. The lowest BCUT2D eigenvalue weighted by molar-refractivity contribution is 0.317. The van der Waals surface area contributed by atoms with Gasteiger partial charge in [-0.25, -0.2) is 9.97 Å². The number of ether oxygens (including phenoxy) is 1. The average Bonchev–Trinajstić information content (AvgIpc) is 2.48. The van der Waals surface area contributed by atoms with E-state index in [0.717, 1.165) is 34.6 Å². The van der Waals surface area contributed by atoms with Crippen LogP contribution in [0.3, 0.4) is 0 Å². The zero-order valence-corrected chi connectivity index (χ0v) is 13.3. The van der Waals surface area contributed by atoms with E-state index >= 15 is 0 Å². The predicted octanol–water partition coefficient (Wildman–Crippen LogP) is 4.13. The third-order valence-electron chi connectivity index (χ3n) is 2.65. The van der Waals surface area contributed by atoms with E-state index in [1.165, 1.54) is 0 Å². The lowest BCUT2D eigenvalue weighted by Crippen LogP contribution is -2.02. The van der Waals surface area contributed by atoms with Gasteiger partial charge in [0.2, 0.25) is 0 Å². The molecule has 0 spiro atoms. The van der Waals surface area contributed by atoms with Crippen molar-refractivity contribution in [3.63, 3.8) is 0 Å². The maximum Gasteiger partial charge on any atom is 0.161 e. The molecule has 1 heterocycles. The van der Waals surface area contributed by atoms with Crippen LogP contribution in [0.2, 0.25) is 0 Å². The Morgan fingerprint density at radius 3 is 2.90 bits per heavy atom. The van der Waals surface area contributed by atoms with Gasteiger partial charge in [-0.15, -0.1) is 0 Å². The normalized spacial score (nSPS) is 10.3. The van der Waals surface area contributed by atoms with Crippen LogP contribution in [-0.2, 0) is 0 Å². The summed E-state index contributed by atoms with van der Waals surface area (Å²) in [7, 11) is 0. The van der Waals surface area contributed by atoms with Crippen molar-refractivity contribution in [3.05, 3.63) is 34.9 Å². The largest absolute Gasteiger partial charge is 0.494 e. The topological polar surface area (TPSA) is 47.0 Å². The van der Waals surface area contributed by atoms with Gasteiger partial charge in [-0.3, -0.25) is 0 Å². The minimum absolute atomic E-state index is 0.686. The zero-order chi connectivity index (χ0) is 14.4. The summed E-state index contributed by atoms with van der Waals surface area (Å²) in [5, 5.41) is 3.21. The van der Waals surface area contributed by atoms with E-state index in [2.05, 4.69) is 38.1 Å².